The summed E-state index contributed by atoms with van der Waals surface area (Å²) in [7, 11) is 0. The number of carbonyl (C=O) groups excluding carboxylic acids is 1. The number of fused-ring (bicyclic) bond motifs is 1. The summed E-state index contributed by atoms with van der Waals surface area (Å²) in [5, 5.41) is 2.64. The smallest absolute Gasteiger partial charge is 0.238 e. The number of carbonyl (C=O) groups is 1. The van der Waals surface area contributed by atoms with Crippen molar-refractivity contribution in [3.8, 4) is 0 Å². The standard InChI is InChI=1S/C19H17FN2OS2/c20-14-7-5-12(6-8-14)17(18(23)21-15-9-10-15)25-19-22-16-4-2-1-3-13(16)11-24-19/h1-8,15,17H,9-11H2,(H,21,23). The number of halogens is 1. The fourth-order valence-corrected chi connectivity index (χ4v) is 4.83. The molecule has 3 nitrogen and oxygen atoms in total. The molecule has 6 heteroatoms. The highest BCUT2D eigenvalue weighted by atomic mass is 32.2. The molecule has 1 aliphatic heterocycles. The number of aliphatic imine (C=N–C) groups is 1. The molecule has 1 atom stereocenters. The lowest BCUT2D eigenvalue weighted by Crippen LogP contribution is -2.30. The van der Waals surface area contributed by atoms with Gasteiger partial charge in [-0.1, -0.05) is 53.9 Å². The van der Waals surface area contributed by atoms with Crippen molar-refractivity contribution in [2.45, 2.75) is 29.9 Å². The Kier molecular flexibility index (Phi) is 4.81. The number of nitrogens with one attached hydrogen (secondary N) is 1. The zero-order chi connectivity index (χ0) is 17.2. The van der Waals surface area contributed by atoms with Gasteiger partial charge in [0.05, 0.1) is 5.69 Å². The molecular weight excluding hydrogens is 355 g/mol. The van der Waals surface area contributed by atoms with Crippen LogP contribution in [0.25, 0.3) is 0 Å². The van der Waals surface area contributed by atoms with Crippen LogP contribution in [0.1, 0.15) is 29.2 Å². The van der Waals surface area contributed by atoms with Gasteiger partial charge in [-0.25, -0.2) is 9.38 Å². The second kappa shape index (κ2) is 7.22. The van der Waals surface area contributed by atoms with Gasteiger partial charge in [-0.3, -0.25) is 4.79 Å². The average molecular weight is 372 g/mol. The van der Waals surface area contributed by atoms with Gasteiger partial charge in [0.2, 0.25) is 5.91 Å². The Morgan fingerprint density at radius 2 is 1.96 bits per heavy atom. The van der Waals surface area contributed by atoms with E-state index in [1.54, 1.807) is 23.9 Å². The zero-order valence-electron chi connectivity index (χ0n) is 13.4. The van der Waals surface area contributed by atoms with Gasteiger partial charge in [0.15, 0.2) is 0 Å². The number of hydrogen-bond acceptors (Lipinski definition) is 4. The summed E-state index contributed by atoms with van der Waals surface area (Å²) in [4.78, 5) is 17.4. The molecule has 1 amide bonds. The maximum Gasteiger partial charge on any atom is 0.238 e. The number of nitrogens with zero attached hydrogens (tertiary/aromatic N) is 1. The first kappa shape index (κ1) is 16.7. The first-order chi connectivity index (χ1) is 12.2. The predicted octanol–water partition coefficient (Wildman–Crippen LogP) is 4.81. The second-order valence-electron chi connectivity index (χ2n) is 6.13. The van der Waals surface area contributed by atoms with E-state index in [2.05, 4.69) is 11.4 Å². The molecule has 1 N–H and O–H groups in total. The van der Waals surface area contributed by atoms with Crippen molar-refractivity contribution in [2.75, 3.05) is 0 Å². The van der Waals surface area contributed by atoms with Gasteiger partial charge in [0.25, 0.3) is 0 Å². The van der Waals surface area contributed by atoms with Gasteiger partial charge in [0.1, 0.15) is 15.4 Å². The van der Waals surface area contributed by atoms with E-state index in [0.29, 0.717) is 0 Å². The molecule has 4 rings (SSSR count). The van der Waals surface area contributed by atoms with Crippen LogP contribution in [0.5, 0.6) is 0 Å². The molecular formula is C19H17FN2OS2. The molecule has 1 unspecified atom stereocenters. The highest BCUT2D eigenvalue weighted by Crippen LogP contribution is 2.40. The molecule has 0 aromatic heterocycles. The SMILES string of the molecule is O=C(NC1CC1)C(SC1=Nc2ccccc2CS1)c1ccc(F)cc1. The lowest BCUT2D eigenvalue weighted by molar-refractivity contribution is -0.120. The molecule has 0 radical (unpaired) electrons. The molecule has 1 saturated carbocycles. The van der Waals surface area contributed by atoms with Crippen LogP contribution >= 0.6 is 23.5 Å². The van der Waals surface area contributed by atoms with E-state index in [-0.39, 0.29) is 17.8 Å². The summed E-state index contributed by atoms with van der Waals surface area (Å²) in [6.07, 6.45) is 2.07. The third-order valence-electron chi connectivity index (χ3n) is 4.11. The van der Waals surface area contributed by atoms with Crippen LogP contribution < -0.4 is 5.32 Å². The summed E-state index contributed by atoms with van der Waals surface area (Å²) < 4.78 is 14.1. The van der Waals surface area contributed by atoms with Crippen LogP contribution in [-0.2, 0) is 10.5 Å². The molecule has 2 aromatic rings. The van der Waals surface area contributed by atoms with Crippen LogP contribution in [0, 0.1) is 5.82 Å². The lowest BCUT2D eigenvalue weighted by atomic mass is 10.1. The maximum atomic E-state index is 13.3. The minimum absolute atomic E-state index is 0.0266. The molecule has 25 heavy (non-hydrogen) atoms. The maximum absolute atomic E-state index is 13.3. The van der Waals surface area contributed by atoms with E-state index in [1.807, 2.05) is 18.2 Å². The number of benzene rings is 2. The van der Waals surface area contributed by atoms with Gasteiger partial charge in [-0.2, -0.15) is 0 Å². The largest absolute Gasteiger partial charge is 0.352 e. The molecule has 2 aliphatic rings. The molecule has 0 spiro atoms. The second-order valence-corrected chi connectivity index (χ2v) is 8.44. The van der Waals surface area contributed by atoms with Gasteiger partial charge < -0.3 is 5.32 Å². The quantitative estimate of drug-likeness (QED) is 0.837. The fourth-order valence-electron chi connectivity index (χ4n) is 2.59. The van der Waals surface area contributed by atoms with E-state index in [9.17, 15) is 9.18 Å². The van der Waals surface area contributed by atoms with Crippen LogP contribution in [0.2, 0.25) is 0 Å². The summed E-state index contributed by atoms with van der Waals surface area (Å²) in [5.41, 5.74) is 2.97. The van der Waals surface area contributed by atoms with Crippen LogP contribution in [0.4, 0.5) is 10.1 Å². The summed E-state index contributed by atoms with van der Waals surface area (Å²) in [6, 6.07) is 14.5. The van der Waals surface area contributed by atoms with Crippen molar-refractivity contribution in [2.24, 2.45) is 4.99 Å². The fraction of sp³-hybridized carbons (Fsp3) is 0.263. The van der Waals surface area contributed by atoms with Crippen molar-refractivity contribution in [1.29, 1.82) is 0 Å². The Labute approximate surface area is 154 Å². The third-order valence-corrected chi connectivity index (χ3v) is 6.56. The van der Waals surface area contributed by atoms with Gasteiger partial charge in [0, 0.05) is 11.8 Å². The molecule has 128 valence electrons. The van der Waals surface area contributed by atoms with Crippen LogP contribution in [0.15, 0.2) is 53.5 Å². The molecule has 2 aromatic carbocycles. The third kappa shape index (κ3) is 4.07. The predicted molar refractivity (Wildman–Crippen MR) is 103 cm³/mol. The summed E-state index contributed by atoms with van der Waals surface area (Å²) in [6.45, 7) is 0. The molecule has 1 heterocycles. The topological polar surface area (TPSA) is 41.5 Å². The highest BCUT2D eigenvalue weighted by Gasteiger charge is 2.30. The molecule has 1 fully saturated rings. The van der Waals surface area contributed by atoms with Crippen LogP contribution in [0.3, 0.4) is 0 Å². The minimum Gasteiger partial charge on any atom is -0.352 e. The van der Waals surface area contributed by atoms with Crippen molar-refractivity contribution >= 4 is 39.5 Å². The highest BCUT2D eigenvalue weighted by molar-refractivity contribution is 8.38. The first-order valence-electron chi connectivity index (χ1n) is 8.21. The van der Waals surface area contributed by atoms with E-state index >= 15 is 0 Å². The number of amides is 1. The monoisotopic (exact) mass is 372 g/mol. The number of thioether (sulfide) groups is 2. The van der Waals surface area contributed by atoms with Gasteiger partial charge in [-0.05, 0) is 42.2 Å². The van der Waals surface area contributed by atoms with E-state index < -0.39 is 5.25 Å². The Balaban J connectivity index is 1.58. The average Bonchev–Trinajstić information content (AvgIpc) is 3.44. The normalized spacial score (nSPS) is 17.4. The number of hydrogen-bond donors (Lipinski definition) is 1. The van der Waals surface area contributed by atoms with Crippen molar-refractivity contribution in [1.82, 2.24) is 5.32 Å². The molecule has 0 saturated heterocycles. The number of rotatable bonds is 4. The Bertz CT molecular complexity index is 818. The van der Waals surface area contributed by atoms with E-state index in [4.69, 9.17) is 4.99 Å². The minimum atomic E-state index is -0.419. The van der Waals surface area contributed by atoms with Crippen molar-refractivity contribution in [3.63, 3.8) is 0 Å². The molecule has 0 bridgehead atoms. The van der Waals surface area contributed by atoms with Crippen molar-refractivity contribution in [3.05, 3.63) is 65.5 Å². The summed E-state index contributed by atoms with van der Waals surface area (Å²) >= 11 is 3.09. The lowest BCUT2D eigenvalue weighted by Gasteiger charge is -2.20. The van der Waals surface area contributed by atoms with Crippen LogP contribution in [-0.4, -0.2) is 16.3 Å². The first-order valence-corrected chi connectivity index (χ1v) is 10.1. The molecule has 1 aliphatic carbocycles. The number of para-hydroxylation sites is 1. The van der Waals surface area contributed by atoms with E-state index in [0.717, 1.165) is 34.2 Å². The summed E-state index contributed by atoms with van der Waals surface area (Å²) in [5.74, 6) is 0.525. The van der Waals surface area contributed by atoms with Gasteiger partial charge in [-0.15, -0.1) is 0 Å². The van der Waals surface area contributed by atoms with E-state index in [1.165, 1.54) is 29.5 Å². The zero-order valence-corrected chi connectivity index (χ0v) is 15.1. The Morgan fingerprint density at radius 3 is 2.72 bits per heavy atom. The van der Waals surface area contributed by atoms with Crippen molar-refractivity contribution < 1.29 is 9.18 Å². The van der Waals surface area contributed by atoms with Gasteiger partial charge >= 0.3 is 0 Å². The Hall–Kier alpha value is -1.79. The Morgan fingerprint density at radius 1 is 1.20 bits per heavy atom.